The Kier molecular flexibility index (Phi) is 4.74. The van der Waals surface area contributed by atoms with E-state index in [-0.39, 0.29) is 11.5 Å². The lowest BCUT2D eigenvalue weighted by molar-refractivity contribution is -0.127. The van der Waals surface area contributed by atoms with Crippen LogP contribution in [-0.4, -0.2) is 30.7 Å². The summed E-state index contributed by atoms with van der Waals surface area (Å²) < 4.78 is 5.23. The molecule has 0 unspecified atom stereocenters. The number of hydrogen-bond donors (Lipinski definition) is 2. The van der Waals surface area contributed by atoms with Crippen LogP contribution in [0, 0.1) is 0 Å². The molecule has 0 aromatic carbocycles. The second kappa shape index (κ2) is 5.64. The Labute approximate surface area is 97.9 Å². The van der Waals surface area contributed by atoms with Crippen LogP contribution < -0.4 is 11.1 Å². The van der Waals surface area contributed by atoms with Gasteiger partial charge in [-0.1, -0.05) is 0 Å². The minimum absolute atomic E-state index is 0.0762. The first kappa shape index (κ1) is 13.5. The number of nitrogens with two attached hydrogens (primary N) is 1. The fourth-order valence-corrected chi connectivity index (χ4v) is 2.00. The first-order valence-corrected chi connectivity index (χ1v) is 6.03. The first-order chi connectivity index (χ1) is 7.43. The van der Waals surface area contributed by atoms with Crippen molar-refractivity contribution in [1.82, 2.24) is 5.32 Å². The van der Waals surface area contributed by atoms with Gasteiger partial charge in [-0.15, -0.1) is 0 Å². The molecule has 0 spiro atoms. The van der Waals surface area contributed by atoms with Crippen molar-refractivity contribution in [2.45, 2.75) is 63.6 Å². The highest BCUT2D eigenvalue weighted by atomic mass is 16.5. The molecular weight excluding hydrogens is 204 g/mol. The number of hydrogen-bond acceptors (Lipinski definition) is 3. The first-order valence-electron chi connectivity index (χ1n) is 6.03. The normalized spacial score (nSPS) is 26.5. The van der Waals surface area contributed by atoms with Gasteiger partial charge < -0.3 is 15.8 Å². The van der Waals surface area contributed by atoms with E-state index in [4.69, 9.17) is 10.5 Å². The molecule has 1 aliphatic carbocycles. The van der Waals surface area contributed by atoms with E-state index in [0.29, 0.717) is 18.5 Å². The second-order valence-corrected chi connectivity index (χ2v) is 5.32. The quantitative estimate of drug-likeness (QED) is 0.759. The molecule has 1 rings (SSSR count). The van der Waals surface area contributed by atoms with Crippen molar-refractivity contribution < 1.29 is 9.53 Å². The van der Waals surface area contributed by atoms with E-state index in [9.17, 15) is 4.79 Å². The second-order valence-electron chi connectivity index (χ2n) is 5.32. The van der Waals surface area contributed by atoms with Gasteiger partial charge in [-0.25, -0.2) is 0 Å². The number of nitrogens with one attached hydrogen (secondary N) is 1. The Morgan fingerprint density at radius 2 is 1.94 bits per heavy atom. The van der Waals surface area contributed by atoms with Crippen molar-refractivity contribution in [3.8, 4) is 0 Å². The summed E-state index contributed by atoms with van der Waals surface area (Å²) in [4.78, 5) is 11.7. The van der Waals surface area contributed by atoms with Gasteiger partial charge >= 0.3 is 0 Å². The summed E-state index contributed by atoms with van der Waals surface area (Å²) in [5.74, 6) is 0.0762. The number of ether oxygens (including phenoxy) is 1. The Morgan fingerprint density at radius 1 is 1.38 bits per heavy atom. The average Bonchev–Trinajstić information content (AvgIpc) is 2.21. The van der Waals surface area contributed by atoms with Crippen LogP contribution in [0.5, 0.6) is 0 Å². The molecular formula is C12H24N2O2. The van der Waals surface area contributed by atoms with E-state index >= 15 is 0 Å². The molecule has 16 heavy (non-hydrogen) atoms. The van der Waals surface area contributed by atoms with Crippen LogP contribution in [0.3, 0.4) is 0 Å². The maximum absolute atomic E-state index is 11.7. The molecule has 0 heterocycles. The number of rotatable bonds is 4. The lowest BCUT2D eigenvalue weighted by Crippen LogP contribution is -2.42. The average molecular weight is 228 g/mol. The van der Waals surface area contributed by atoms with Crippen LogP contribution in [0.1, 0.15) is 46.0 Å². The summed E-state index contributed by atoms with van der Waals surface area (Å²) >= 11 is 0. The lowest BCUT2D eigenvalue weighted by Gasteiger charge is -2.28. The monoisotopic (exact) mass is 228 g/mol. The number of amides is 1. The molecule has 0 aromatic heterocycles. The SMILES string of the molecule is COC(C)(C)CC(=O)NC1CCC(N)CC1. The van der Waals surface area contributed by atoms with E-state index in [1.54, 1.807) is 7.11 Å². The van der Waals surface area contributed by atoms with Crippen molar-refractivity contribution in [2.24, 2.45) is 5.73 Å². The van der Waals surface area contributed by atoms with E-state index in [1.807, 2.05) is 13.8 Å². The third-order valence-corrected chi connectivity index (χ3v) is 3.28. The molecule has 3 N–H and O–H groups in total. The lowest BCUT2D eigenvalue weighted by atomic mass is 9.91. The van der Waals surface area contributed by atoms with Gasteiger partial charge in [0.1, 0.15) is 0 Å². The molecule has 0 bridgehead atoms. The Hall–Kier alpha value is -0.610. The summed E-state index contributed by atoms with van der Waals surface area (Å²) in [5, 5.41) is 3.06. The zero-order chi connectivity index (χ0) is 12.2. The third-order valence-electron chi connectivity index (χ3n) is 3.28. The predicted octanol–water partition coefficient (Wildman–Crippen LogP) is 1.19. The number of methoxy groups -OCH3 is 1. The van der Waals surface area contributed by atoms with E-state index in [0.717, 1.165) is 25.7 Å². The van der Waals surface area contributed by atoms with Gasteiger partial charge in [0.05, 0.1) is 12.0 Å². The van der Waals surface area contributed by atoms with Crippen LogP contribution in [0.25, 0.3) is 0 Å². The molecule has 0 aliphatic heterocycles. The topological polar surface area (TPSA) is 64.3 Å². The Morgan fingerprint density at radius 3 is 2.44 bits per heavy atom. The fourth-order valence-electron chi connectivity index (χ4n) is 2.00. The summed E-state index contributed by atoms with van der Waals surface area (Å²) in [5.41, 5.74) is 5.44. The zero-order valence-corrected chi connectivity index (χ0v) is 10.6. The maximum Gasteiger partial charge on any atom is 0.223 e. The molecule has 1 aliphatic rings. The molecule has 94 valence electrons. The smallest absolute Gasteiger partial charge is 0.223 e. The van der Waals surface area contributed by atoms with Crippen LogP contribution in [0.4, 0.5) is 0 Å². The van der Waals surface area contributed by atoms with Crippen molar-refractivity contribution in [3.63, 3.8) is 0 Å². The summed E-state index contributed by atoms with van der Waals surface area (Å²) in [7, 11) is 1.63. The van der Waals surface area contributed by atoms with Crippen molar-refractivity contribution in [1.29, 1.82) is 0 Å². The Bertz CT molecular complexity index is 233. The van der Waals surface area contributed by atoms with Gasteiger partial charge in [-0.3, -0.25) is 4.79 Å². The molecule has 0 aromatic rings. The largest absolute Gasteiger partial charge is 0.378 e. The summed E-state index contributed by atoms with van der Waals surface area (Å²) in [6, 6.07) is 0.628. The predicted molar refractivity (Wildman–Crippen MR) is 64.1 cm³/mol. The summed E-state index contributed by atoms with van der Waals surface area (Å²) in [6.07, 6.45) is 4.43. The minimum Gasteiger partial charge on any atom is -0.378 e. The fraction of sp³-hybridized carbons (Fsp3) is 0.917. The standard InChI is InChI=1S/C12H24N2O2/c1-12(2,16-3)8-11(15)14-10-6-4-9(13)5-7-10/h9-10H,4-8,13H2,1-3H3,(H,14,15). The van der Waals surface area contributed by atoms with Crippen LogP contribution in [-0.2, 0) is 9.53 Å². The third kappa shape index (κ3) is 4.49. The van der Waals surface area contributed by atoms with Gasteiger partial charge in [0, 0.05) is 19.2 Å². The highest BCUT2D eigenvalue weighted by molar-refractivity contribution is 5.77. The van der Waals surface area contributed by atoms with Gasteiger partial charge in [0.2, 0.25) is 5.91 Å². The van der Waals surface area contributed by atoms with Crippen LogP contribution in [0.15, 0.2) is 0 Å². The van der Waals surface area contributed by atoms with E-state index in [2.05, 4.69) is 5.32 Å². The highest BCUT2D eigenvalue weighted by Crippen LogP contribution is 2.18. The van der Waals surface area contributed by atoms with E-state index in [1.165, 1.54) is 0 Å². The van der Waals surface area contributed by atoms with Gasteiger partial charge in [0.25, 0.3) is 0 Å². The molecule has 4 nitrogen and oxygen atoms in total. The molecule has 4 heteroatoms. The molecule has 0 atom stereocenters. The highest BCUT2D eigenvalue weighted by Gasteiger charge is 2.24. The number of carbonyl (C=O) groups is 1. The van der Waals surface area contributed by atoms with Crippen LogP contribution in [0.2, 0.25) is 0 Å². The van der Waals surface area contributed by atoms with Gasteiger partial charge in [0.15, 0.2) is 0 Å². The van der Waals surface area contributed by atoms with Crippen molar-refractivity contribution in [3.05, 3.63) is 0 Å². The molecule has 0 radical (unpaired) electrons. The van der Waals surface area contributed by atoms with Gasteiger partial charge in [-0.2, -0.15) is 0 Å². The maximum atomic E-state index is 11.7. The molecule has 1 fully saturated rings. The molecule has 1 saturated carbocycles. The summed E-state index contributed by atoms with van der Waals surface area (Å²) in [6.45, 7) is 3.84. The number of carbonyl (C=O) groups excluding carboxylic acids is 1. The van der Waals surface area contributed by atoms with Crippen molar-refractivity contribution >= 4 is 5.91 Å². The van der Waals surface area contributed by atoms with Crippen molar-refractivity contribution in [2.75, 3.05) is 7.11 Å². The molecule has 0 saturated heterocycles. The van der Waals surface area contributed by atoms with Crippen LogP contribution >= 0.6 is 0 Å². The molecule has 1 amide bonds. The Balaban J connectivity index is 2.29. The van der Waals surface area contributed by atoms with E-state index < -0.39 is 0 Å². The minimum atomic E-state index is -0.380. The van der Waals surface area contributed by atoms with Gasteiger partial charge in [-0.05, 0) is 39.5 Å². The zero-order valence-electron chi connectivity index (χ0n) is 10.6.